The van der Waals surface area contributed by atoms with Crippen LogP contribution in [0.4, 0.5) is 0 Å². The van der Waals surface area contributed by atoms with Crippen LogP contribution in [0.3, 0.4) is 0 Å². The molecule has 0 saturated heterocycles. The normalized spacial score (nSPS) is 13.0. The van der Waals surface area contributed by atoms with E-state index in [4.69, 9.17) is 5.11 Å². The monoisotopic (exact) mass is 211 g/mol. The van der Waals surface area contributed by atoms with Crippen molar-refractivity contribution in [1.82, 2.24) is 15.3 Å². The molecule has 3 N–H and O–H groups in total. The summed E-state index contributed by atoms with van der Waals surface area (Å²) < 4.78 is 0. The molecule has 0 spiro atoms. The quantitative estimate of drug-likeness (QED) is 0.594. The van der Waals surface area contributed by atoms with Gasteiger partial charge in [-0.3, -0.25) is 0 Å². The van der Waals surface area contributed by atoms with Gasteiger partial charge in [-0.2, -0.15) is 0 Å². The molecule has 1 aromatic heterocycles. The maximum atomic E-state index is 8.84. The molecular formula is C11H21N3O. The third-order valence-electron chi connectivity index (χ3n) is 2.43. The molecule has 0 fully saturated rings. The number of rotatable bonds is 7. The Bertz CT molecular complexity index is 273. The minimum Gasteiger partial charge on any atom is -0.396 e. The van der Waals surface area contributed by atoms with Crippen molar-refractivity contribution in [1.29, 1.82) is 0 Å². The van der Waals surface area contributed by atoms with E-state index >= 15 is 0 Å². The second-order valence-electron chi connectivity index (χ2n) is 4.10. The van der Waals surface area contributed by atoms with Crippen LogP contribution in [-0.2, 0) is 6.54 Å². The van der Waals surface area contributed by atoms with Gasteiger partial charge in [0.25, 0.3) is 0 Å². The van der Waals surface area contributed by atoms with Crippen molar-refractivity contribution >= 4 is 0 Å². The Kier molecular flexibility index (Phi) is 5.36. The SMILES string of the molecule is Cc1ncc(CNCCCC(C)CO)[nH]1. The number of H-pyrrole nitrogens is 1. The number of imidazole rings is 1. The molecule has 0 aliphatic heterocycles. The van der Waals surface area contributed by atoms with E-state index < -0.39 is 0 Å². The first-order valence-corrected chi connectivity index (χ1v) is 5.54. The Morgan fingerprint density at radius 1 is 1.60 bits per heavy atom. The average Bonchev–Trinajstić information content (AvgIpc) is 2.63. The summed E-state index contributed by atoms with van der Waals surface area (Å²) in [6, 6.07) is 0. The predicted octanol–water partition coefficient (Wildman–Crippen LogP) is 1.22. The van der Waals surface area contributed by atoms with Gasteiger partial charge in [-0.05, 0) is 32.2 Å². The van der Waals surface area contributed by atoms with Gasteiger partial charge in [0.15, 0.2) is 0 Å². The molecule has 4 heteroatoms. The molecule has 15 heavy (non-hydrogen) atoms. The Morgan fingerprint density at radius 3 is 3.00 bits per heavy atom. The zero-order valence-corrected chi connectivity index (χ0v) is 9.58. The standard InChI is InChI=1S/C11H21N3O/c1-9(8-15)4-3-5-12-6-11-7-13-10(2)14-11/h7,9,12,15H,3-6,8H2,1-2H3,(H,13,14). The predicted molar refractivity (Wildman–Crippen MR) is 60.5 cm³/mol. The molecule has 0 aliphatic rings. The molecule has 0 amide bonds. The van der Waals surface area contributed by atoms with Crippen LogP contribution in [0.25, 0.3) is 0 Å². The number of aliphatic hydroxyl groups is 1. The van der Waals surface area contributed by atoms with E-state index in [0.29, 0.717) is 12.5 Å². The van der Waals surface area contributed by atoms with Crippen LogP contribution in [0.15, 0.2) is 6.20 Å². The highest BCUT2D eigenvalue weighted by Gasteiger charge is 1.99. The number of aromatic nitrogens is 2. The van der Waals surface area contributed by atoms with Crippen LogP contribution in [0.2, 0.25) is 0 Å². The van der Waals surface area contributed by atoms with E-state index in [9.17, 15) is 0 Å². The van der Waals surface area contributed by atoms with Gasteiger partial charge < -0.3 is 15.4 Å². The van der Waals surface area contributed by atoms with E-state index in [1.54, 1.807) is 0 Å². The molecule has 0 bridgehead atoms. The van der Waals surface area contributed by atoms with E-state index in [0.717, 1.165) is 37.4 Å². The van der Waals surface area contributed by atoms with Crippen LogP contribution < -0.4 is 5.32 Å². The van der Waals surface area contributed by atoms with Gasteiger partial charge in [0.1, 0.15) is 5.82 Å². The molecule has 0 aliphatic carbocycles. The van der Waals surface area contributed by atoms with Gasteiger partial charge in [-0.1, -0.05) is 6.92 Å². The molecule has 1 rings (SSSR count). The van der Waals surface area contributed by atoms with Crippen LogP contribution in [0.5, 0.6) is 0 Å². The molecule has 0 radical (unpaired) electrons. The van der Waals surface area contributed by atoms with E-state index in [2.05, 4.69) is 22.2 Å². The zero-order chi connectivity index (χ0) is 11.1. The van der Waals surface area contributed by atoms with Crippen LogP contribution in [-0.4, -0.2) is 28.2 Å². The first-order chi connectivity index (χ1) is 7.22. The Hall–Kier alpha value is -0.870. The molecule has 86 valence electrons. The van der Waals surface area contributed by atoms with Crippen molar-refractivity contribution in [3.63, 3.8) is 0 Å². The highest BCUT2D eigenvalue weighted by atomic mass is 16.3. The zero-order valence-electron chi connectivity index (χ0n) is 9.58. The summed E-state index contributed by atoms with van der Waals surface area (Å²) in [6.45, 7) is 6.14. The van der Waals surface area contributed by atoms with Crippen molar-refractivity contribution in [3.05, 3.63) is 17.7 Å². The number of hydrogen-bond donors (Lipinski definition) is 3. The van der Waals surface area contributed by atoms with E-state index in [1.807, 2.05) is 13.1 Å². The van der Waals surface area contributed by atoms with E-state index in [-0.39, 0.29) is 0 Å². The maximum absolute atomic E-state index is 8.84. The lowest BCUT2D eigenvalue weighted by Gasteiger charge is -2.07. The number of aryl methyl sites for hydroxylation is 1. The largest absolute Gasteiger partial charge is 0.396 e. The molecule has 1 atom stereocenters. The van der Waals surface area contributed by atoms with Gasteiger partial charge in [0.2, 0.25) is 0 Å². The second kappa shape index (κ2) is 6.58. The maximum Gasteiger partial charge on any atom is 0.103 e. The third-order valence-corrected chi connectivity index (χ3v) is 2.43. The minimum absolute atomic E-state index is 0.291. The summed E-state index contributed by atoms with van der Waals surface area (Å²) in [5, 5.41) is 12.2. The molecule has 1 unspecified atom stereocenters. The summed E-state index contributed by atoms with van der Waals surface area (Å²) in [4.78, 5) is 7.30. The van der Waals surface area contributed by atoms with Crippen LogP contribution in [0, 0.1) is 12.8 Å². The van der Waals surface area contributed by atoms with Crippen LogP contribution >= 0.6 is 0 Å². The summed E-state index contributed by atoms with van der Waals surface area (Å²) >= 11 is 0. The fourth-order valence-electron chi connectivity index (χ4n) is 1.45. The summed E-state index contributed by atoms with van der Waals surface area (Å²) in [7, 11) is 0. The Balaban J connectivity index is 2.02. The fourth-order valence-corrected chi connectivity index (χ4v) is 1.45. The third kappa shape index (κ3) is 4.95. The molecule has 1 heterocycles. The molecule has 0 aromatic carbocycles. The lowest BCUT2D eigenvalue weighted by Crippen LogP contribution is -2.16. The highest BCUT2D eigenvalue weighted by molar-refractivity contribution is 4.98. The van der Waals surface area contributed by atoms with Crippen molar-refractivity contribution < 1.29 is 5.11 Å². The molecule has 1 aromatic rings. The summed E-state index contributed by atoms with van der Waals surface area (Å²) in [6.07, 6.45) is 4.04. The molecule has 0 saturated carbocycles. The highest BCUT2D eigenvalue weighted by Crippen LogP contribution is 2.02. The van der Waals surface area contributed by atoms with Gasteiger partial charge in [0.05, 0.1) is 0 Å². The van der Waals surface area contributed by atoms with Crippen molar-refractivity contribution in [3.8, 4) is 0 Å². The Morgan fingerprint density at radius 2 is 2.40 bits per heavy atom. The first kappa shape index (κ1) is 12.2. The van der Waals surface area contributed by atoms with Crippen molar-refractivity contribution in [2.45, 2.75) is 33.2 Å². The first-order valence-electron chi connectivity index (χ1n) is 5.54. The number of aromatic amines is 1. The molecular weight excluding hydrogens is 190 g/mol. The lowest BCUT2D eigenvalue weighted by molar-refractivity contribution is 0.228. The van der Waals surface area contributed by atoms with Crippen molar-refractivity contribution in [2.75, 3.05) is 13.2 Å². The fraction of sp³-hybridized carbons (Fsp3) is 0.727. The van der Waals surface area contributed by atoms with Crippen molar-refractivity contribution in [2.24, 2.45) is 5.92 Å². The summed E-state index contributed by atoms with van der Waals surface area (Å²) in [5.74, 6) is 1.38. The van der Waals surface area contributed by atoms with Gasteiger partial charge in [-0.25, -0.2) is 4.98 Å². The number of aliphatic hydroxyl groups excluding tert-OH is 1. The minimum atomic E-state index is 0.291. The smallest absolute Gasteiger partial charge is 0.103 e. The lowest BCUT2D eigenvalue weighted by atomic mass is 10.1. The summed E-state index contributed by atoms with van der Waals surface area (Å²) in [5.41, 5.74) is 1.13. The van der Waals surface area contributed by atoms with E-state index in [1.165, 1.54) is 0 Å². The second-order valence-corrected chi connectivity index (χ2v) is 4.10. The number of hydrogen-bond acceptors (Lipinski definition) is 3. The molecule has 4 nitrogen and oxygen atoms in total. The van der Waals surface area contributed by atoms with Gasteiger partial charge in [-0.15, -0.1) is 0 Å². The van der Waals surface area contributed by atoms with Gasteiger partial charge in [0, 0.05) is 25.0 Å². The topological polar surface area (TPSA) is 60.9 Å². The average molecular weight is 211 g/mol. The van der Waals surface area contributed by atoms with Gasteiger partial charge >= 0.3 is 0 Å². The number of nitrogens with zero attached hydrogens (tertiary/aromatic N) is 1. The van der Waals surface area contributed by atoms with Crippen LogP contribution in [0.1, 0.15) is 31.3 Å². The Labute approximate surface area is 91.1 Å². The number of nitrogens with one attached hydrogen (secondary N) is 2.